The molecular formula is C17H24N2O5S. The highest BCUT2D eigenvalue weighted by Gasteiger charge is 2.36. The molecule has 2 rings (SSSR count). The van der Waals surface area contributed by atoms with E-state index in [2.05, 4.69) is 0 Å². The van der Waals surface area contributed by atoms with Gasteiger partial charge in [-0.05, 0) is 44.0 Å². The zero-order valence-electron chi connectivity index (χ0n) is 14.5. The number of nitrogens with two attached hydrogens (primary N) is 1. The van der Waals surface area contributed by atoms with E-state index in [9.17, 15) is 18.0 Å². The third-order valence-electron chi connectivity index (χ3n) is 4.43. The van der Waals surface area contributed by atoms with Crippen molar-refractivity contribution in [1.82, 2.24) is 4.90 Å². The lowest BCUT2D eigenvalue weighted by molar-refractivity contribution is -0.138. The van der Waals surface area contributed by atoms with Crippen LogP contribution in [0.2, 0.25) is 0 Å². The third kappa shape index (κ3) is 4.94. The van der Waals surface area contributed by atoms with E-state index < -0.39 is 22.4 Å². The van der Waals surface area contributed by atoms with Crippen LogP contribution in [0, 0.1) is 0 Å². The Bertz CT molecular complexity index is 730. The molecule has 0 saturated carbocycles. The van der Waals surface area contributed by atoms with Crippen molar-refractivity contribution in [2.45, 2.75) is 38.8 Å². The average molecular weight is 368 g/mol. The number of amides is 1. The standard InChI is InChI=1S/C17H24N2O5S/c1-3-12(2)19(15-8-9-25(22,23)11-15)16(20)10-24-17(21)13-4-6-14(18)7-5-13/h4-7,12,15H,3,8-11,18H2,1-2H3/t12-,15+/m0/s1. The first-order valence-corrected chi connectivity index (χ1v) is 10.1. The molecule has 1 saturated heterocycles. The van der Waals surface area contributed by atoms with E-state index in [1.165, 1.54) is 12.1 Å². The summed E-state index contributed by atoms with van der Waals surface area (Å²) in [7, 11) is -3.11. The highest BCUT2D eigenvalue weighted by molar-refractivity contribution is 7.91. The fourth-order valence-electron chi connectivity index (χ4n) is 2.91. The molecule has 25 heavy (non-hydrogen) atoms. The largest absolute Gasteiger partial charge is 0.452 e. The lowest BCUT2D eigenvalue weighted by Gasteiger charge is -2.33. The maximum Gasteiger partial charge on any atom is 0.338 e. The van der Waals surface area contributed by atoms with Gasteiger partial charge in [-0.25, -0.2) is 13.2 Å². The highest BCUT2D eigenvalue weighted by Crippen LogP contribution is 2.21. The monoisotopic (exact) mass is 368 g/mol. The van der Waals surface area contributed by atoms with Gasteiger partial charge in [0.15, 0.2) is 16.4 Å². The first-order chi connectivity index (χ1) is 11.7. The fraction of sp³-hybridized carbons (Fsp3) is 0.529. The first kappa shape index (κ1) is 19.2. The molecule has 0 aliphatic carbocycles. The Morgan fingerprint density at radius 1 is 1.32 bits per heavy atom. The molecule has 0 spiro atoms. The van der Waals surface area contributed by atoms with E-state index in [-0.39, 0.29) is 29.5 Å². The second-order valence-electron chi connectivity index (χ2n) is 6.31. The molecule has 1 fully saturated rings. The van der Waals surface area contributed by atoms with Crippen molar-refractivity contribution in [1.29, 1.82) is 0 Å². The normalized spacial score (nSPS) is 20.0. The van der Waals surface area contributed by atoms with Crippen LogP contribution in [0.1, 0.15) is 37.0 Å². The van der Waals surface area contributed by atoms with Crippen LogP contribution < -0.4 is 5.73 Å². The van der Waals surface area contributed by atoms with Gasteiger partial charge in [0.25, 0.3) is 5.91 Å². The number of carbonyl (C=O) groups is 2. The van der Waals surface area contributed by atoms with E-state index in [1.807, 2.05) is 13.8 Å². The van der Waals surface area contributed by atoms with Gasteiger partial charge in [0, 0.05) is 17.8 Å². The summed E-state index contributed by atoms with van der Waals surface area (Å²) >= 11 is 0. The van der Waals surface area contributed by atoms with Crippen molar-refractivity contribution >= 4 is 27.4 Å². The molecule has 8 heteroatoms. The summed E-state index contributed by atoms with van der Waals surface area (Å²) in [6.45, 7) is 3.38. The molecule has 0 bridgehead atoms. The van der Waals surface area contributed by atoms with E-state index in [0.29, 0.717) is 24.1 Å². The second-order valence-corrected chi connectivity index (χ2v) is 8.54. The van der Waals surface area contributed by atoms with E-state index >= 15 is 0 Å². The maximum atomic E-state index is 12.6. The molecule has 1 aromatic carbocycles. The number of anilines is 1. The van der Waals surface area contributed by atoms with Gasteiger partial charge in [0.1, 0.15) is 0 Å². The smallest absolute Gasteiger partial charge is 0.338 e. The minimum Gasteiger partial charge on any atom is -0.452 e. The Balaban J connectivity index is 2.02. The Kier molecular flexibility index (Phi) is 6.05. The molecule has 0 aromatic heterocycles. The number of sulfone groups is 1. The number of hydrogen-bond donors (Lipinski definition) is 1. The summed E-state index contributed by atoms with van der Waals surface area (Å²) < 4.78 is 28.5. The minimum atomic E-state index is -3.11. The van der Waals surface area contributed by atoms with Crippen molar-refractivity contribution in [2.75, 3.05) is 23.8 Å². The molecule has 1 aliphatic rings. The van der Waals surface area contributed by atoms with Crippen LogP contribution in [0.15, 0.2) is 24.3 Å². The molecule has 2 N–H and O–H groups in total. The Labute approximate surface area is 148 Å². The zero-order valence-corrected chi connectivity index (χ0v) is 15.3. The molecule has 7 nitrogen and oxygen atoms in total. The van der Waals surface area contributed by atoms with Crippen LogP contribution in [0.25, 0.3) is 0 Å². The van der Waals surface area contributed by atoms with Crippen LogP contribution in [0.5, 0.6) is 0 Å². The lowest BCUT2D eigenvalue weighted by Crippen LogP contribution is -2.48. The molecule has 2 atom stereocenters. The van der Waals surface area contributed by atoms with Crippen molar-refractivity contribution in [2.24, 2.45) is 0 Å². The quantitative estimate of drug-likeness (QED) is 0.598. The van der Waals surface area contributed by atoms with E-state index in [1.54, 1.807) is 17.0 Å². The summed E-state index contributed by atoms with van der Waals surface area (Å²) in [5.41, 5.74) is 6.40. The average Bonchev–Trinajstić information content (AvgIpc) is 2.92. The molecule has 138 valence electrons. The van der Waals surface area contributed by atoms with Crippen molar-refractivity contribution in [3.05, 3.63) is 29.8 Å². The first-order valence-electron chi connectivity index (χ1n) is 8.27. The molecule has 1 aromatic rings. The number of ether oxygens (including phenoxy) is 1. The van der Waals surface area contributed by atoms with E-state index in [4.69, 9.17) is 10.5 Å². The number of benzene rings is 1. The fourth-order valence-corrected chi connectivity index (χ4v) is 4.62. The van der Waals surface area contributed by atoms with Crippen LogP contribution >= 0.6 is 0 Å². The molecular weight excluding hydrogens is 344 g/mol. The predicted octanol–water partition coefficient (Wildman–Crippen LogP) is 1.24. The van der Waals surface area contributed by atoms with Gasteiger partial charge in [-0.15, -0.1) is 0 Å². The van der Waals surface area contributed by atoms with Gasteiger partial charge >= 0.3 is 5.97 Å². The molecule has 0 radical (unpaired) electrons. The summed E-state index contributed by atoms with van der Waals surface area (Å²) in [6, 6.07) is 5.72. The van der Waals surface area contributed by atoms with Gasteiger partial charge in [0.05, 0.1) is 17.1 Å². The number of nitrogen functional groups attached to an aromatic ring is 1. The van der Waals surface area contributed by atoms with Crippen molar-refractivity contribution in [3.63, 3.8) is 0 Å². The van der Waals surface area contributed by atoms with Crippen molar-refractivity contribution < 1.29 is 22.7 Å². The van der Waals surface area contributed by atoms with Crippen LogP contribution in [0.4, 0.5) is 5.69 Å². The van der Waals surface area contributed by atoms with Crippen molar-refractivity contribution in [3.8, 4) is 0 Å². The molecule has 1 amide bonds. The molecule has 1 aliphatic heterocycles. The Morgan fingerprint density at radius 2 is 1.96 bits per heavy atom. The summed E-state index contributed by atoms with van der Waals surface area (Å²) in [5.74, 6) is -0.935. The van der Waals surface area contributed by atoms with Crippen LogP contribution in [-0.4, -0.2) is 55.4 Å². The van der Waals surface area contributed by atoms with Crippen LogP contribution in [0.3, 0.4) is 0 Å². The lowest BCUT2D eigenvalue weighted by atomic mass is 10.1. The van der Waals surface area contributed by atoms with Gasteiger partial charge in [-0.2, -0.15) is 0 Å². The topological polar surface area (TPSA) is 107 Å². The Morgan fingerprint density at radius 3 is 2.48 bits per heavy atom. The summed E-state index contributed by atoms with van der Waals surface area (Å²) in [4.78, 5) is 26.1. The number of hydrogen-bond acceptors (Lipinski definition) is 6. The number of carbonyl (C=O) groups excluding carboxylic acids is 2. The second kappa shape index (κ2) is 7.86. The Hall–Kier alpha value is -2.09. The highest BCUT2D eigenvalue weighted by atomic mass is 32.2. The number of rotatable bonds is 6. The molecule has 1 heterocycles. The number of esters is 1. The maximum absolute atomic E-state index is 12.6. The number of nitrogens with zero attached hydrogens (tertiary/aromatic N) is 1. The van der Waals surface area contributed by atoms with Crippen LogP contribution in [-0.2, 0) is 19.4 Å². The summed E-state index contributed by atoms with van der Waals surface area (Å²) in [6.07, 6.45) is 1.11. The zero-order chi connectivity index (χ0) is 18.6. The van der Waals surface area contributed by atoms with Gasteiger partial charge in [0.2, 0.25) is 0 Å². The minimum absolute atomic E-state index is 0.0327. The predicted molar refractivity (Wildman–Crippen MR) is 94.8 cm³/mol. The SMILES string of the molecule is CC[C@H](C)N(C(=O)COC(=O)c1ccc(N)cc1)[C@@H]1CCS(=O)(=O)C1. The van der Waals surface area contributed by atoms with E-state index in [0.717, 1.165) is 0 Å². The third-order valence-corrected chi connectivity index (χ3v) is 6.18. The molecule has 0 unspecified atom stereocenters. The van der Waals surface area contributed by atoms with Gasteiger partial charge in [-0.1, -0.05) is 6.92 Å². The summed E-state index contributed by atoms with van der Waals surface area (Å²) in [5, 5.41) is 0. The van der Waals surface area contributed by atoms with Gasteiger partial charge in [-0.3, -0.25) is 4.79 Å². The van der Waals surface area contributed by atoms with Gasteiger partial charge < -0.3 is 15.4 Å².